The van der Waals surface area contributed by atoms with E-state index >= 15 is 0 Å². The first-order valence-electron chi connectivity index (χ1n) is 7.41. The summed E-state index contributed by atoms with van der Waals surface area (Å²) in [5.74, 6) is -0.770. The minimum Gasteiger partial charge on any atom is -0.507 e. The summed E-state index contributed by atoms with van der Waals surface area (Å²) in [5, 5.41) is 19.3. The largest absolute Gasteiger partial charge is 0.507 e. The van der Waals surface area contributed by atoms with Gasteiger partial charge in [0, 0.05) is 10.8 Å². The lowest BCUT2D eigenvalue weighted by Crippen LogP contribution is -2.04. The third-order valence-electron chi connectivity index (χ3n) is 3.79. The molecule has 6 heteroatoms. The number of fused-ring (bicyclic) bond motifs is 1. The van der Waals surface area contributed by atoms with Crippen molar-refractivity contribution in [2.24, 2.45) is 0 Å². The predicted octanol–water partition coefficient (Wildman–Crippen LogP) is 3.39. The van der Waals surface area contributed by atoms with E-state index in [0.717, 1.165) is 6.07 Å². The van der Waals surface area contributed by atoms with E-state index in [9.17, 15) is 14.8 Å². The van der Waals surface area contributed by atoms with Gasteiger partial charge in [-0.1, -0.05) is 62.8 Å². The van der Waals surface area contributed by atoms with Gasteiger partial charge in [-0.15, -0.1) is 0 Å². The van der Waals surface area contributed by atoms with Crippen molar-refractivity contribution >= 4 is 23.7 Å². The fraction of sp³-hybridized carbons (Fsp3) is 0.375. The highest BCUT2D eigenvalue weighted by Gasteiger charge is 2.24. The number of hydrogen-bond acceptors (Lipinski definition) is 3. The lowest BCUT2D eigenvalue weighted by molar-refractivity contribution is 0.384. The fourth-order valence-electron chi connectivity index (χ4n) is 2.61. The molecule has 5 nitrogen and oxygen atoms in total. The Hall–Kier alpha value is -1.55. The van der Waals surface area contributed by atoms with Crippen LogP contribution in [-0.2, 0) is 4.57 Å². The second-order valence-electron chi connectivity index (χ2n) is 5.47. The lowest BCUT2D eigenvalue weighted by Gasteiger charge is -2.10. The van der Waals surface area contributed by atoms with E-state index in [2.05, 4.69) is 0 Å². The molecule has 2 aromatic rings. The van der Waals surface area contributed by atoms with Crippen LogP contribution in [0.3, 0.4) is 0 Å². The standard InChI is InChI=1S/C10H9O5P.C6H12/c11-8-5-9(16(13,14)15)10(12)7-4-2-1-3-6(7)8;1-2-4-6-5-3-1/h1-5,11-12H,(H2,13,14,15);1-6H2. The molecule has 1 aliphatic rings. The molecule has 4 N–H and O–H groups in total. The second-order valence-corrected chi connectivity index (χ2v) is 7.04. The maximum Gasteiger partial charge on any atom is 0.360 e. The van der Waals surface area contributed by atoms with Gasteiger partial charge in [-0.05, 0) is 6.07 Å². The molecule has 120 valence electrons. The fourth-order valence-corrected chi connectivity index (χ4v) is 3.30. The Kier molecular flexibility index (Phi) is 5.46. The Bertz CT molecular complexity index is 677. The summed E-state index contributed by atoms with van der Waals surface area (Å²) < 4.78 is 11.1. The topological polar surface area (TPSA) is 98.0 Å². The van der Waals surface area contributed by atoms with Gasteiger partial charge in [0.1, 0.15) is 16.8 Å². The molecular weight excluding hydrogens is 303 g/mol. The maximum absolute atomic E-state index is 11.1. The van der Waals surface area contributed by atoms with Gasteiger partial charge < -0.3 is 20.0 Å². The zero-order chi connectivity index (χ0) is 16.2. The van der Waals surface area contributed by atoms with Crippen LogP contribution in [0.25, 0.3) is 10.8 Å². The predicted molar refractivity (Wildman–Crippen MR) is 86.7 cm³/mol. The Morgan fingerprint density at radius 2 is 1.27 bits per heavy atom. The Morgan fingerprint density at radius 1 is 0.818 bits per heavy atom. The van der Waals surface area contributed by atoms with E-state index < -0.39 is 18.6 Å². The molecule has 0 radical (unpaired) electrons. The van der Waals surface area contributed by atoms with Crippen molar-refractivity contribution in [1.29, 1.82) is 0 Å². The molecule has 0 spiro atoms. The zero-order valence-corrected chi connectivity index (χ0v) is 13.2. The highest BCUT2D eigenvalue weighted by Crippen LogP contribution is 2.42. The maximum atomic E-state index is 11.1. The Balaban J connectivity index is 0.000000246. The van der Waals surface area contributed by atoms with Gasteiger partial charge in [0.25, 0.3) is 0 Å². The third kappa shape index (κ3) is 4.01. The minimum atomic E-state index is -4.60. The molecule has 0 bridgehead atoms. The average molecular weight is 324 g/mol. The normalized spacial score (nSPS) is 15.2. The van der Waals surface area contributed by atoms with Crippen LogP contribution >= 0.6 is 7.60 Å². The van der Waals surface area contributed by atoms with Crippen molar-refractivity contribution in [3.05, 3.63) is 30.3 Å². The van der Waals surface area contributed by atoms with Gasteiger partial charge >= 0.3 is 7.60 Å². The summed E-state index contributed by atoms with van der Waals surface area (Å²) in [6, 6.07) is 7.17. The molecule has 0 unspecified atom stereocenters. The third-order valence-corrected chi connectivity index (χ3v) is 4.76. The summed E-state index contributed by atoms with van der Waals surface area (Å²) in [5.41, 5.74) is 0. The molecular formula is C16H21O5P. The molecule has 2 aromatic carbocycles. The van der Waals surface area contributed by atoms with Crippen LogP contribution in [0.4, 0.5) is 0 Å². The molecule has 0 aromatic heterocycles. The first-order chi connectivity index (χ1) is 10.4. The van der Waals surface area contributed by atoms with E-state index in [4.69, 9.17) is 9.79 Å². The van der Waals surface area contributed by atoms with Crippen LogP contribution in [0.5, 0.6) is 11.5 Å². The molecule has 1 aliphatic carbocycles. The summed E-state index contributed by atoms with van der Waals surface area (Å²) in [6.45, 7) is 0. The molecule has 0 heterocycles. The summed E-state index contributed by atoms with van der Waals surface area (Å²) in [6.07, 6.45) is 9.00. The van der Waals surface area contributed by atoms with Crippen LogP contribution in [0.1, 0.15) is 38.5 Å². The molecule has 1 saturated carbocycles. The number of rotatable bonds is 1. The van der Waals surface area contributed by atoms with Crippen molar-refractivity contribution in [3.8, 4) is 11.5 Å². The molecule has 0 aliphatic heterocycles. The summed E-state index contributed by atoms with van der Waals surface area (Å²) in [4.78, 5) is 18.0. The summed E-state index contributed by atoms with van der Waals surface area (Å²) in [7, 11) is -4.60. The number of phenolic OH excluding ortho intramolecular Hbond substituents is 2. The van der Waals surface area contributed by atoms with Gasteiger partial charge in [0.15, 0.2) is 0 Å². The average Bonchev–Trinajstić information content (AvgIpc) is 2.52. The smallest absolute Gasteiger partial charge is 0.360 e. The number of hydrogen-bond donors (Lipinski definition) is 4. The SMILES string of the molecule is C1CCCCC1.O=P(O)(O)c1cc(O)c2ccccc2c1O. The van der Waals surface area contributed by atoms with Crippen LogP contribution < -0.4 is 5.30 Å². The molecule has 0 atom stereocenters. The van der Waals surface area contributed by atoms with E-state index in [0.29, 0.717) is 5.39 Å². The van der Waals surface area contributed by atoms with Crippen molar-refractivity contribution in [3.63, 3.8) is 0 Å². The first kappa shape index (κ1) is 16.8. The number of benzene rings is 2. The van der Waals surface area contributed by atoms with Crippen molar-refractivity contribution in [2.45, 2.75) is 38.5 Å². The quantitative estimate of drug-likeness (QED) is 0.476. The van der Waals surface area contributed by atoms with E-state index in [1.54, 1.807) is 18.2 Å². The molecule has 1 fully saturated rings. The van der Waals surface area contributed by atoms with Gasteiger partial charge in [-0.25, -0.2) is 0 Å². The van der Waals surface area contributed by atoms with Crippen LogP contribution in [-0.4, -0.2) is 20.0 Å². The number of aromatic hydroxyl groups is 2. The van der Waals surface area contributed by atoms with E-state index in [1.165, 1.54) is 44.6 Å². The van der Waals surface area contributed by atoms with Crippen LogP contribution in [0.15, 0.2) is 30.3 Å². The number of phenols is 2. The molecule has 22 heavy (non-hydrogen) atoms. The second kappa shape index (κ2) is 7.14. The van der Waals surface area contributed by atoms with Crippen LogP contribution in [0.2, 0.25) is 0 Å². The Morgan fingerprint density at radius 3 is 1.73 bits per heavy atom. The Labute approximate surface area is 129 Å². The molecule has 0 saturated heterocycles. The lowest BCUT2D eigenvalue weighted by atomic mass is 10.0. The zero-order valence-electron chi connectivity index (χ0n) is 12.3. The first-order valence-corrected chi connectivity index (χ1v) is 9.02. The van der Waals surface area contributed by atoms with Crippen molar-refractivity contribution in [1.82, 2.24) is 0 Å². The van der Waals surface area contributed by atoms with Crippen molar-refractivity contribution in [2.75, 3.05) is 0 Å². The monoisotopic (exact) mass is 324 g/mol. The summed E-state index contributed by atoms with van der Waals surface area (Å²) >= 11 is 0. The van der Waals surface area contributed by atoms with Gasteiger partial charge in [-0.3, -0.25) is 4.57 Å². The van der Waals surface area contributed by atoms with Gasteiger partial charge in [0.05, 0.1) is 0 Å². The van der Waals surface area contributed by atoms with Gasteiger partial charge in [0.2, 0.25) is 0 Å². The molecule has 3 rings (SSSR count). The highest BCUT2D eigenvalue weighted by atomic mass is 31.2. The minimum absolute atomic E-state index is 0.209. The van der Waals surface area contributed by atoms with E-state index in [1.807, 2.05) is 0 Å². The van der Waals surface area contributed by atoms with Gasteiger partial charge in [-0.2, -0.15) is 0 Å². The molecule has 0 amide bonds. The van der Waals surface area contributed by atoms with E-state index in [-0.39, 0.29) is 11.1 Å². The van der Waals surface area contributed by atoms with Crippen molar-refractivity contribution < 1.29 is 24.6 Å². The van der Waals surface area contributed by atoms with Crippen LogP contribution in [0, 0.1) is 0 Å². The highest BCUT2D eigenvalue weighted by molar-refractivity contribution is 7.60.